The van der Waals surface area contributed by atoms with Gasteiger partial charge in [0.05, 0.1) is 0 Å². The van der Waals surface area contributed by atoms with Crippen LogP contribution in [-0.4, -0.2) is 78.3 Å². The normalized spacial score (nSPS) is 28.0. The number of carbonyl (C=O) groups excluding carboxylic acids is 1. The first-order valence-electron chi connectivity index (χ1n) is 12.0. The van der Waals surface area contributed by atoms with Crippen molar-refractivity contribution in [3.05, 3.63) is 0 Å². The summed E-state index contributed by atoms with van der Waals surface area (Å²) in [7, 11) is -10.3. The Morgan fingerprint density at radius 2 is 0.879 bits per heavy atom. The van der Waals surface area contributed by atoms with Crippen molar-refractivity contribution in [1.82, 2.24) is 0 Å². The Hall–Kier alpha value is 0.354. The van der Waals surface area contributed by atoms with Crippen LogP contribution < -0.4 is 0 Å². The third-order valence-corrected chi connectivity index (χ3v) is 8.76. The average Bonchev–Trinajstić information content (AvgIpc) is 2.45. The number of hydrogen-bond donors (Lipinski definition) is 0. The first-order valence-corrected chi connectivity index (χ1v) is 29.0. The molecular formula is C21H50O7Si5. The van der Waals surface area contributed by atoms with Crippen LogP contribution >= 0.6 is 0 Å². The summed E-state index contributed by atoms with van der Waals surface area (Å²) in [5.41, 5.74) is 0. The summed E-state index contributed by atoms with van der Waals surface area (Å²) in [4.78, 5) is 13.4. The minimum atomic E-state index is -2.15. The highest BCUT2D eigenvalue weighted by atomic mass is 28.4. The van der Waals surface area contributed by atoms with E-state index >= 15 is 0 Å². The second-order valence-electron chi connectivity index (χ2n) is 13.8. The molecule has 12 heteroatoms. The summed E-state index contributed by atoms with van der Waals surface area (Å²) in [6.07, 6.45) is -3.22. The van der Waals surface area contributed by atoms with Gasteiger partial charge in [-0.25, -0.2) is 0 Å². The van der Waals surface area contributed by atoms with Gasteiger partial charge in [0.1, 0.15) is 18.3 Å². The fourth-order valence-corrected chi connectivity index (χ4v) is 8.24. The maximum Gasteiger partial charge on any atom is 0.324 e. The fourth-order valence-electron chi connectivity index (χ4n) is 3.42. The maximum absolute atomic E-state index is 13.4. The van der Waals surface area contributed by atoms with E-state index in [-0.39, 0.29) is 0 Å². The molecule has 1 rings (SSSR count). The van der Waals surface area contributed by atoms with Crippen LogP contribution in [0.4, 0.5) is 0 Å². The van der Waals surface area contributed by atoms with Crippen molar-refractivity contribution in [3.63, 3.8) is 0 Å². The molecule has 0 amide bonds. The van der Waals surface area contributed by atoms with Crippen molar-refractivity contribution in [2.24, 2.45) is 0 Å². The maximum atomic E-state index is 13.4. The summed E-state index contributed by atoms with van der Waals surface area (Å²) in [5, 5.41) is 0. The van der Waals surface area contributed by atoms with Crippen LogP contribution in [0.1, 0.15) is 0 Å². The number of carbonyl (C=O) groups is 1. The Morgan fingerprint density at radius 1 is 0.515 bits per heavy atom. The quantitative estimate of drug-likeness (QED) is 0.325. The minimum Gasteiger partial charge on any atom is -0.518 e. The van der Waals surface area contributed by atoms with E-state index in [4.69, 9.17) is 26.9 Å². The first kappa shape index (κ1) is 31.4. The topological polar surface area (TPSA) is 72.5 Å². The lowest BCUT2D eigenvalue weighted by Crippen LogP contribution is -2.68. The van der Waals surface area contributed by atoms with Crippen molar-refractivity contribution in [3.8, 4) is 0 Å². The standard InChI is InChI=1S/C21H50O7Si5/c1-29(2,3)24-16-17(25-30(4,5)6)19(26-31(7,8)9)21(28-33(13,14)15)23-18(16)20(22)27-32(10,11)12/h16-19,21H,1-15H3/t16-,17-,18-,19+,21+/m0/s1. The second kappa shape index (κ2) is 10.8. The molecule has 0 saturated carbocycles. The van der Waals surface area contributed by atoms with Crippen LogP contribution in [0.2, 0.25) is 98.2 Å². The van der Waals surface area contributed by atoms with E-state index in [1.54, 1.807) is 0 Å². The highest BCUT2D eigenvalue weighted by Gasteiger charge is 2.55. The summed E-state index contributed by atoms with van der Waals surface area (Å²) in [6.45, 7) is 31.5. The molecule has 0 N–H and O–H groups in total. The largest absolute Gasteiger partial charge is 0.518 e. The van der Waals surface area contributed by atoms with E-state index in [0.717, 1.165) is 0 Å². The molecule has 1 aliphatic heterocycles. The lowest BCUT2D eigenvalue weighted by Gasteiger charge is -2.51. The van der Waals surface area contributed by atoms with Crippen LogP contribution in [0.15, 0.2) is 0 Å². The van der Waals surface area contributed by atoms with Crippen molar-refractivity contribution in [1.29, 1.82) is 0 Å². The molecule has 5 atom stereocenters. The summed E-state index contributed by atoms with van der Waals surface area (Å²) in [6, 6.07) is 0. The van der Waals surface area contributed by atoms with Crippen molar-refractivity contribution < 1.29 is 31.7 Å². The van der Waals surface area contributed by atoms with Gasteiger partial charge in [0.25, 0.3) is 0 Å². The Kier molecular flexibility index (Phi) is 10.2. The molecule has 0 aliphatic carbocycles. The Bertz CT molecular complexity index is 656. The van der Waals surface area contributed by atoms with Gasteiger partial charge in [-0.2, -0.15) is 0 Å². The number of rotatable bonds is 10. The molecule has 0 spiro atoms. The summed E-state index contributed by atoms with van der Waals surface area (Å²) < 4.78 is 38.8. The molecule has 0 aromatic rings. The second-order valence-corrected chi connectivity index (χ2v) is 36.0. The molecule has 7 nitrogen and oxygen atoms in total. The molecular weight excluding hydrogens is 505 g/mol. The predicted molar refractivity (Wildman–Crippen MR) is 147 cm³/mol. The molecule has 1 fully saturated rings. The molecule has 0 aromatic carbocycles. The molecule has 1 saturated heterocycles. The van der Waals surface area contributed by atoms with Crippen LogP contribution in [0.3, 0.4) is 0 Å². The van der Waals surface area contributed by atoms with Gasteiger partial charge < -0.3 is 26.9 Å². The SMILES string of the molecule is C[Si](C)(C)OC(=O)[C@H]1O[C@H](O[Si](C)(C)C)[C@H](O[Si](C)(C)C)[C@@H](O[Si](C)(C)C)[C@@H]1O[Si](C)(C)C. The highest BCUT2D eigenvalue weighted by Crippen LogP contribution is 2.35. The Labute approximate surface area is 207 Å². The third-order valence-electron chi connectivity index (χ3n) is 4.07. The number of hydrogen-bond acceptors (Lipinski definition) is 7. The van der Waals surface area contributed by atoms with E-state index in [9.17, 15) is 4.79 Å². The molecule has 0 aromatic heterocycles. The van der Waals surface area contributed by atoms with Gasteiger partial charge in [0.2, 0.25) is 8.32 Å². The van der Waals surface area contributed by atoms with Gasteiger partial charge in [0, 0.05) is 0 Å². The zero-order valence-corrected chi connectivity index (χ0v) is 28.7. The molecule has 0 radical (unpaired) electrons. The van der Waals surface area contributed by atoms with Gasteiger partial charge in [-0.3, -0.25) is 4.79 Å². The molecule has 1 heterocycles. The van der Waals surface area contributed by atoms with Crippen LogP contribution in [0.5, 0.6) is 0 Å². The van der Waals surface area contributed by atoms with Crippen LogP contribution in [-0.2, 0) is 31.7 Å². The Balaban J connectivity index is 3.62. The van der Waals surface area contributed by atoms with Gasteiger partial charge in [-0.15, -0.1) is 0 Å². The van der Waals surface area contributed by atoms with Crippen LogP contribution in [0, 0.1) is 0 Å². The van der Waals surface area contributed by atoms with Gasteiger partial charge in [0.15, 0.2) is 45.7 Å². The van der Waals surface area contributed by atoms with Gasteiger partial charge >= 0.3 is 5.97 Å². The Morgan fingerprint density at radius 3 is 1.24 bits per heavy atom. The monoisotopic (exact) mass is 554 g/mol. The highest BCUT2D eigenvalue weighted by molar-refractivity contribution is 6.72. The van der Waals surface area contributed by atoms with E-state index in [0.29, 0.717) is 0 Å². The summed E-state index contributed by atoms with van der Waals surface area (Å²) >= 11 is 0. The van der Waals surface area contributed by atoms with E-state index < -0.39 is 78.3 Å². The number of ether oxygens (including phenoxy) is 1. The van der Waals surface area contributed by atoms with Crippen molar-refractivity contribution in [2.45, 2.75) is 129 Å². The van der Waals surface area contributed by atoms with E-state index in [1.807, 2.05) is 19.6 Å². The lowest BCUT2D eigenvalue weighted by molar-refractivity contribution is -0.262. The predicted octanol–water partition coefficient (Wildman–Crippen LogP) is 5.60. The molecule has 0 bridgehead atoms. The molecule has 33 heavy (non-hydrogen) atoms. The zero-order chi connectivity index (χ0) is 26.2. The minimum absolute atomic E-state index is 0.391. The molecule has 196 valence electrons. The average molecular weight is 555 g/mol. The smallest absolute Gasteiger partial charge is 0.324 e. The van der Waals surface area contributed by atoms with Crippen LogP contribution in [0.25, 0.3) is 0 Å². The zero-order valence-electron chi connectivity index (χ0n) is 23.7. The van der Waals surface area contributed by atoms with Crippen molar-refractivity contribution in [2.75, 3.05) is 0 Å². The summed E-state index contributed by atoms with van der Waals surface area (Å²) in [5.74, 6) is -0.391. The van der Waals surface area contributed by atoms with Crippen molar-refractivity contribution >= 4 is 47.6 Å². The third kappa shape index (κ3) is 12.2. The van der Waals surface area contributed by atoms with Gasteiger partial charge in [-0.05, 0) is 98.2 Å². The lowest BCUT2D eigenvalue weighted by atomic mass is 9.99. The van der Waals surface area contributed by atoms with Gasteiger partial charge in [-0.1, -0.05) is 0 Å². The molecule has 1 aliphatic rings. The fraction of sp³-hybridized carbons (Fsp3) is 0.952. The van der Waals surface area contributed by atoms with E-state index in [2.05, 4.69) is 78.6 Å². The van der Waals surface area contributed by atoms with E-state index in [1.165, 1.54) is 0 Å². The first-order chi connectivity index (χ1) is 14.4. The molecule has 0 unspecified atom stereocenters.